The number of aromatic nitrogens is 2. The average molecular weight is 244 g/mol. The van der Waals surface area contributed by atoms with Crippen molar-refractivity contribution in [3.8, 4) is 21.1 Å². The Bertz CT molecular complexity index is 570. The predicted octanol–water partition coefficient (Wildman–Crippen LogP) is 3.93. The van der Waals surface area contributed by atoms with E-state index in [0.717, 1.165) is 16.3 Å². The Kier molecular flexibility index (Phi) is 2.52. The molecule has 0 aliphatic carbocycles. The van der Waals surface area contributed by atoms with Crippen molar-refractivity contribution in [3.05, 3.63) is 47.4 Å². The Morgan fingerprint density at radius 1 is 1.06 bits per heavy atom. The maximum Gasteiger partial charge on any atom is 0.134 e. The lowest BCUT2D eigenvalue weighted by Gasteiger charge is -1.93. The highest BCUT2D eigenvalue weighted by molar-refractivity contribution is 7.20. The zero-order valence-electron chi connectivity index (χ0n) is 8.33. The van der Waals surface area contributed by atoms with Gasteiger partial charge in [-0.25, -0.2) is 4.98 Å². The third kappa shape index (κ3) is 1.77. The summed E-state index contributed by atoms with van der Waals surface area (Å²) in [4.78, 5) is 9.93. The lowest BCUT2D eigenvalue weighted by molar-refractivity contribution is 1.31. The standard InChI is InChI=1S/C12H8N2S2/c1-3-9(7-13-5-1)10-8-16-12(14-10)11-4-2-6-15-11/h1-8H. The number of rotatable bonds is 2. The first-order valence-electron chi connectivity index (χ1n) is 4.83. The van der Waals surface area contributed by atoms with Gasteiger partial charge >= 0.3 is 0 Å². The first-order chi connectivity index (χ1) is 7.93. The zero-order valence-corrected chi connectivity index (χ0v) is 9.96. The third-order valence-electron chi connectivity index (χ3n) is 2.19. The first kappa shape index (κ1) is 9.69. The van der Waals surface area contributed by atoms with Crippen LogP contribution in [-0.2, 0) is 0 Å². The molecule has 4 heteroatoms. The van der Waals surface area contributed by atoms with E-state index in [4.69, 9.17) is 0 Å². The van der Waals surface area contributed by atoms with Crippen molar-refractivity contribution >= 4 is 22.7 Å². The van der Waals surface area contributed by atoms with Gasteiger partial charge in [-0.1, -0.05) is 6.07 Å². The Balaban J connectivity index is 2.00. The van der Waals surface area contributed by atoms with E-state index in [-0.39, 0.29) is 0 Å². The molecular weight excluding hydrogens is 236 g/mol. The molecule has 0 amide bonds. The van der Waals surface area contributed by atoms with Crippen molar-refractivity contribution < 1.29 is 0 Å². The van der Waals surface area contributed by atoms with E-state index in [2.05, 4.69) is 26.8 Å². The fraction of sp³-hybridized carbons (Fsp3) is 0. The highest BCUT2D eigenvalue weighted by Gasteiger charge is 2.06. The average Bonchev–Trinajstić information content (AvgIpc) is 3.01. The van der Waals surface area contributed by atoms with E-state index >= 15 is 0 Å². The number of nitrogens with zero attached hydrogens (tertiary/aromatic N) is 2. The molecular formula is C12H8N2S2. The lowest BCUT2D eigenvalue weighted by Crippen LogP contribution is -1.78. The van der Waals surface area contributed by atoms with Gasteiger partial charge in [-0.05, 0) is 23.6 Å². The van der Waals surface area contributed by atoms with Crippen LogP contribution < -0.4 is 0 Å². The quantitative estimate of drug-likeness (QED) is 0.682. The van der Waals surface area contributed by atoms with Gasteiger partial charge in [0.2, 0.25) is 0 Å². The van der Waals surface area contributed by atoms with Gasteiger partial charge < -0.3 is 0 Å². The molecule has 0 saturated carbocycles. The van der Waals surface area contributed by atoms with Gasteiger partial charge in [-0.15, -0.1) is 22.7 Å². The van der Waals surface area contributed by atoms with Gasteiger partial charge in [0.15, 0.2) is 0 Å². The van der Waals surface area contributed by atoms with Crippen LogP contribution in [0.15, 0.2) is 47.4 Å². The van der Waals surface area contributed by atoms with Gasteiger partial charge in [0.1, 0.15) is 5.01 Å². The SMILES string of the molecule is c1cncc(-c2csc(-c3cccs3)n2)c1. The van der Waals surface area contributed by atoms with Gasteiger partial charge in [-0.3, -0.25) is 4.98 Å². The third-order valence-corrected chi connectivity index (χ3v) is 4.07. The molecule has 78 valence electrons. The molecule has 0 unspecified atom stereocenters. The van der Waals surface area contributed by atoms with E-state index in [1.54, 1.807) is 28.9 Å². The Morgan fingerprint density at radius 2 is 2.06 bits per heavy atom. The molecule has 3 aromatic rings. The summed E-state index contributed by atoms with van der Waals surface area (Å²) in [6.45, 7) is 0. The monoisotopic (exact) mass is 244 g/mol. The van der Waals surface area contributed by atoms with Crippen LogP contribution in [0.5, 0.6) is 0 Å². The summed E-state index contributed by atoms with van der Waals surface area (Å²) in [5.41, 5.74) is 2.07. The summed E-state index contributed by atoms with van der Waals surface area (Å²) in [5, 5.41) is 5.22. The minimum Gasteiger partial charge on any atom is -0.264 e. The molecule has 16 heavy (non-hydrogen) atoms. The van der Waals surface area contributed by atoms with E-state index in [9.17, 15) is 0 Å². The van der Waals surface area contributed by atoms with E-state index in [1.165, 1.54) is 4.88 Å². The van der Waals surface area contributed by atoms with Crippen LogP contribution in [0.25, 0.3) is 21.1 Å². The summed E-state index contributed by atoms with van der Waals surface area (Å²) in [6.07, 6.45) is 3.61. The molecule has 0 fully saturated rings. The molecule has 2 nitrogen and oxygen atoms in total. The molecule has 3 aromatic heterocycles. The van der Waals surface area contributed by atoms with Crippen molar-refractivity contribution in [1.29, 1.82) is 0 Å². The molecule has 0 N–H and O–H groups in total. The number of pyridine rings is 1. The second-order valence-corrected chi connectivity index (χ2v) is 5.06. The highest BCUT2D eigenvalue weighted by atomic mass is 32.1. The fourth-order valence-corrected chi connectivity index (χ4v) is 3.08. The molecule has 3 rings (SSSR count). The second-order valence-electron chi connectivity index (χ2n) is 3.26. The molecule has 0 aromatic carbocycles. The maximum atomic E-state index is 4.61. The number of hydrogen-bond acceptors (Lipinski definition) is 4. The van der Waals surface area contributed by atoms with Crippen molar-refractivity contribution in [2.45, 2.75) is 0 Å². The van der Waals surface area contributed by atoms with E-state index < -0.39 is 0 Å². The molecule has 0 atom stereocenters. The van der Waals surface area contributed by atoms with Crippen molar-refractivity contribution in [3.63, 3.8) is 0 Å². The Hall–Kier alpha value is -1.52. The fourth-order valence-electron chi connectivity index (χ4n) is 1.43. The lowest BCUT2D eigenvalue weighted by atomic mass is 10.2. The van der Waals surface area contributed by atoms with Gasteiger partial charge in [0, 0.05) is 23.3 Å². The first-order valence-corrected chi connectivity index (χ1v) is 6.59. The Labute approximate surface area is 101 Å². The van der Waals surface area contributed by atoms with Crippen molar-refractivity contribution in [1.82, 2.24) is 9.97 Å². The van der Waals surface area contributed by atoms with Crippen LogP contribution in [0.4, 0.5) is 0 Å². The molecule has 0 aliphatic heterocycles. The van der Waals surface area contributed by atoms with Gasteiger partial charge in [-0.2, -0.15) is 0 Å². The van der Waals surface area contributed by atoms with Crippen LogP contribution >= 0.6 is 22.7 Å². The normalized spacial score (nSPS) is 10.5. The zero-order chi connectivity index (χ0) is 10.8. The predicted molar refractivity (Wildman–Crippen MR) is 68.7 cm³/mol. The minimum absolute atomic E-state index is 1.00. The van der Waals surface area contributed by atoms with Crippen LogP contribution in [0.1, 0.15) is 0 Å². The summed E-state index contributed by atoms with van der Waals surface area (Å²) < 4.78 is 0. The van der Waals surface area contributed by atoms with Crippen LogP contribution in [0.3, 0.4) is 0 Å². The molecule has 0 radical (unpaired) electrons. The number of hydrogen-bond donors (Lipinski definition) is 0. The van der Waals surface area contributed by atoms with Crippen LogP contribution in [-0.4, -0.2) is 9.97 Å². The van der Waals surface area contributed by atoms with Gasteiger partial charge in [0.05, 0.1) is 10.6 Å². The second kappa shape index (κ2) is 4.15. The summed E-state index contributed by atoms with van der Waals surface area (Å²) in [7, 11) is 0. The molecule has 0 bridgehead atoms. The maximum absolute atomic E-state index is 4.61. The highest BCUT2D eigenvalue weighted by Crippen LogP contribution is 2.30. The van der Waals surface area contributed by atoms with Gasteiger partial charge in [0.25, 0.3) is 0 Å². The van der Waals surface area contributed by atoms with Crippen LogP contribution in [0, 0.1) is 0 Å². The topological polar surface area (TPSA) is 25.8 Å². The number of thiazole rings is 1. The molecule has 0 aliphatic rings. The van der Waals surface area contributed by atoms with Crippen molar-refractivity contribution in [2.75, 3.05) is 0 Å². The van der Waals surface area contributed by atoms with E-state index in [0.29, 0.717) is 0 Å². The summed E-state index contributed by atoms with van der Waals surface area (Å²) in [5.74, 6) is 0. The summed E-state index contributed by atoms with van der Waals surface area (Å²) in [6, 6.07) is 8.10. The number of thiophene rings is 1. The summed E-state index contributed by atoms with van der Waals surface area (Å²) >= 11 is 3.39. The largest absolute Gasteiger partial charge is 0.264 e. The molecule has 0 saturated heterocycles. The van der Waals surface area contributed by atoms with Crippen LogP contribution in [0.2, 0.25) is 0 Å². The molecule has 3 heterocycles. The minimum atomic E-state index is 1.00. The smallest absolute Gasteiger partial charge is 0.134 e. The Morgan fingerprint density at radius 3 is 2.81 bits per heavy atom. The van der Waals surface area contributed by atoms with Crippen molar-refractivity contribution in [2.24, 2.45) is 0 Å². The molecule has 0 spiro atoms. The van der Waals surface area contributed by atoms with E-state index in [1.807, 2.05) is 24.4 Å².